The lowest BCUT2D eigenvalue weighted by molar-refractivity contribution is -0.121. The highest BCUT2D eigenvalue weighted by Gasteiger charge is 2.44. The van der Waals surface area contributed by atoms with Crippen LogP contribution in [-0.2, 0) is 11.2 Å². The molecule has 0 spiro atoms. The molecular weight excluding hydrogens is 410 g/mol. The molecule has 33 heavy (non-hydrogen) atoms. The molecule has 3 aliphatic rings. The van der Waals surface area contributed by atoms with E-state index in [1.807, 2.05) is 0 Å². The molecule has 7 atom stereocenters. The monoisotopic (exact) mass is 455 g/mol. The molecular formula is C29H45NO3. The topological polar surface area (TPSA) is 69.6 Å². The van der Waals surface area contributed by atoms with Crippen LogP contribution in [0.4, 0.5) is 0 Å². The van der Waals surface area contributed by atoms with Crippen LogP contribution >= 0.6 is 0 Å². The van der Waals surface area contributed by atoms with E-state index in [1.54, 1.807) is 0 Å². The van der Waals surface area contributed by atoms with Gasteiger partial charge in [0.2, 0.25) is 5.91 Å². The molecule has 7 unspecified atom stereocenters. The van der Waals surface area contributed by atoms with Crippen molar-refractivity contribution in [1.82, 2.24) is 5.32 Å². The fourth-order valence-electron chi connectivity index (χ4n) is 6.32. The zero-order chi connectivity index (χ0) is 23.2. The Bertz CT molecular complexity index is 734. The highest BCUT2D eigenvalue weighted by Crippen LogP contribution is 2.47. The number of aliphatic hydroxyl groups excluding tert-OH is 2. The predicted molar refractivity (Wildman–Crippen MR) is 133 cm³/mol. The first-order chi connectivity index (χ1) is 16.0. The van der Waals surface area contributed by atoms with Gasteiger partial charge in [-0.15, -0.1) is 0 Å². The first kappa shape index (κ1) is 24.7. The number of aryl methyl sites for hydroxylation is 1. The normalized spacial score (nSPS) is 32.3. The third-order valence-corrected chi connectivity index (χ3v) is 8.85. The summed E-state index contributed by atoms with van der Waals surface area (Å²) in [6.07, 6.45) is 12.9. The fraction of sp³-hybridized carbons (Fsp3) is 0.759. The second-order valence-corrected chi connectivity index (χ2v) is 11.5. The zero-order valence-corrected chi connectivity index (χ0v) is 20.5. The first-order valence-electron chi connectivity index (χ1n) is 13.7. The van der Waals surface area contributed by atoms with Crippen LogP contribution in [0.25, 0.3) is 0 Å². The molecule has 0 aliphatic heterocycles. The number of carbonyl (C=O) groups excluding carboxylic acids is 1. The molecule has 0 aromatic heterocycles. The number of amides is 1. The van der Waals surface area contributed by atoms with Crippen molar-refractivity contribution in [1.29, 1.82) is 0 Å². The van der Waals surface area contributed by atoms with Crippen LogP contribution in [-0.4, -0.2) is 34.4 Å². The molecule has 1 amide bonds. The molecule has 0 heterocycles. The van der Waals surface area contributed by atoms with Crippen molar-refractivity contribution in [2.45, 2.75) is 109 Å². The summed E-state index contributed by atoms with van der Waals surface area (Å²) in [6, 6.07) is 11.2. The quantitative estimate of drug-likeness (QED) is 0.380. The van der Waals surface area contributed by atoms with Crippen LogP contribution in [0.15, 0.2) is 30.3 Å². The molecule has 0 saturated heterocycles. The molecule has 0 bridgehead atoms. The van der Waals surface area contributed by atoms with E-state index in [0.717, 1.165) is 51.4 Å². The number of rotatable bonds is 13. The molecule has 1 aromatic carbocycles. The van der Waals surface area contributed by atoms with E-state index in [1.165, 1.54) is 24.8 Å². The van der Waals surface area contributed by atoms with Gasteiger partial charge in [-0.05, 0) is 106 Å². The van der Waals surface area contributed by atoms with Crippen molar-refractivity contribution in [3.8, 4) is 0 Å². The summed E-state index contributed by atoms with van der Waals surface area (Å²) in [6.45, 7) is 2.33. The van der Waals surface area contributed by atoms with Crippen molar-refractivity contribution in [2.75, 3.05) is 0 Å². The van der Waals surface area contributed by atoms with Crippen LogP contribution in [0.2, 0.25) is 0 Å². The lowest BCUT2D eigenvalue weighted by Gasteiger charge is -2.40. The average molecular weight is 456 g/mol. The molecule has 3 N–H and O–H groups in total. The Morgan fingerprint density at radius 2 is 1.70 bits per heavy atom. The highest BCUT2D eigenvalue weighted by molar-refractivity contribution is 5.76. The van der Waals surface area contributed by atoms with Crippen LogP contribution in [0, 0.1) is 29.6 Å². The summed E-state index contributed by atoms with van der Waals surface area (Å²) >= 11 is 0. The average Bonchev–Trinajstić information content (AvgIpc) is 3.56. The van der Waals surface area contributed by atoms with Crippen molar-refractivity contribution in [3.63, 3.8) is 0 Å². The van der Waals surface area contributed by atoms with Gasteiger partial charge in [-0.2, -0.15) is 0 Å². The number of benzene rings is 1. The standard InChI is InChI=1S/C29H45NO3/c1-20(10-12-21-6-3-2-4-7-21)11-17-25-26(28(32)19-27(25)31)18-23-14-13-22(23)8-5-9-29(33)30-24-15-16-24/h2-4,6-7,20,22-28,31-32H,5,8-19H2,1H3,(H,30,33). The van der Waals surface area contributed by atoms with Crippen LogP contribution in [0.3, 0.4) is 0 Å². The Balaban J connectivity index is 1.18. The third-order valence-electron chi connectivity index (χ3n) is 8.85. The van der Waals surface area contributed by atoms with Gasteiger partial charge in [-0.1, -0.05) is 43.7 Å². The van der Waals surface area contributed by atoms with E-state index in [9.17, 15) is 15.0 Å². The number of nitrogens with one attached hydrogen (secondary N) is 1. The Hall–Kier alpha value is -1.39. The van der Waals surface area contributed by atoms with E-state index >= 15 is 0 Å². The predicted octanol–water partition coefficient (Wildman–Crippen LogP) is 5.26. The second kappa shape index (κ2) is 11.8. The lowest BCUT2D eigenvalue weighted by atomic mass is 9.66. The lowest BCUT2D eigenvalue weighted by Crippen LogP contribution is -2.33. The van der Waals surface area contributed by atoms with Gasteiger partial charge in [-0.3, -0.25) is 4.79 Å². The summed E-state index contributed by atoms with van der Waals surface area (Å²) in [7, 11) is 0. The maximum atomic E-state index is 11.9. The van der Waals surface area contributed by atoms with E-state index < -0.39 is 0 Å². The third kappa shape index (κ3) is 7.29. The first-order valence-corrected chi connectivity index (χ1v) is 13.7. The molecule has 4 heteroatoms. The van der Waals surface area contributed by atoms with Crippen molar-refractivity contribution < 1.29 is 15.0 Å². The Morgan fingerprint density at radius 3 is 2.39 bits per heavy atom. The Morgan fingerprint density at radius 1 is 0.970 bits per heavy atom. The zero-order valence-electron chi connectivity index (χ0n) is 20.5. The maximum absolute atomic E-state index is 11.9. The molecule has 3 fully saturated rings. The number of hydrogen-bond acceptors (Lipinski definition) is 3. The van der Waals surface area contributed by atoms with E-state index in [0.29, 0.717) is 36.6 Å². The van der Waals surface area contributed by atoms with Crippen molar-refractivity contribution in [3.05, 3.63) is 35.9 Å². The summed E-state index contributed by atoms with van der Waals surface area (Å²) < 4.78 is 0. The Labute approximate surface area is 200 Å². The minimum absolute atomic E-state index is 0.226. The SMILES string of the molecule is CC(CCc1ccccc1)CCC1C(O)CC(O)C1CC1CCC1CCCC(=O)NC1CC1. The number of hydrogen-bond donors (Lipinski definition) is 3. The van der Waals surface area contributed by atoms with Crippen LogP contribution in [0.1, 0.15) is 89.5 Å². The summed E-state index contributed by atoms with van der Waals surface area (Å²) in [4.78, 5) is 11.9. The highest BCUT2D eigenvalue weighted by atomic mass is 16.3. The second-order valence-electron chi connectivity index (χ2n) is 11.5. The molecule has 3 aliphatic carbocycles. The molecule has 184 valence electrons. The van der Waals surface area contributed by atoms with Crippen LogP contribution < -0.4 is 5.32 Å². The van der Waals surface area contributed by atoms with E-state index in [2.05, 4.69) is 42.6 Å². The maximum Gasteiger partial charge on any atom is 0.220 e. The van der Waals surface area contributed by atoms with Crippen molar-refractivity contribution >= 4 is 5.91 Å². The fourth-order valence-corrected chi connectivity index (χ4v) is 6.32. The van der Waals surface area contributed by atoms with Gasteiger partial charge >= 0.3 is 0 Å². The van der Waals surface area contributed by atoms with Crippen molar-refractivity contribution in [2.24, 2.45) is 29.6 Å². The summed E-state index contributed by atoms with van der Waals surface area (Å²) in [5.41, 5.74) is 1.40. The molecule has 0 radical (unpaired) electrons. The van der Waals surface area contributed by atoms with Crippen LogP contribution in [0.5, 0.6) is 0 Å². The van der Waals surface area contributed by atoms with Gasteiger partial charge in [0.1, 0.15) is 0 Å². The van der Waals surface area contributed by atoms with Gasteiger partial charge in [0, 0.05) is 12.5 Å². The van der Waals surface area contributed by atoms with E-state index in [4.69, 9.17) is 0 Å². The molecule has 1 aromatic rings. The Kier molecular flexibility index (Phi) is 8.87. The van der Waals surface area contributed by atoms with Gasteiger partial charge < -0.3 is 15.5 Å². The largest absolute Gasteiger partial charge is 0.393 e. The van der Waals surface area contributed by atoms with E-state index in [-0.39, 0.29) is 30.0 Å². The van der Waals surface area contributed by atoms with Gasteiger partial charge in [-0.25, -0.2) is 0 Å². The van der Waals surface area contributed by atoms with Gasteiger partial charge in [0.05, 0.1) is 12.2 Å². The smallest absolute Gasteiger partial charge is 0.220 e. The van der Waals surface area contributed by atoms with Gasteiger partial charge in [0.15, 0.2) is 0 Å². The summed E-state index contributed by atoms with van der Waals surface area (Å²) in [5, 5.41) is 24.5. The minimum Gasteiger partial charge on any atom is -0.393 e. The molecule has 3 saturated carbocycles. The summed E-state index contributed by atoms with van der Waals surface area (Å²) in [5.74, 6) is 2.71. The number of carbonyl (C=O) groups is 1. The molecule has 4 nitrogen and oxygen atoms in total. The molecule has 4 rings (SSSR count). The minimum atomic E-state index is -0.352. The number of aliphatic hydroxyl groups is 2. The van der Waals surface area contributed by atoms with Gasteiger partial charge in [0.25, 0.3) is 0 Å².